The van der Waals surface area contributed by atoms with Gasteiger partial charge in [-0.15, -0.1) is 0 Å². The monoisotopic (exact) mass is 276 g/mol. The minimum Gasteiger partial charge on any atom is -0.388 e. The Morgan fingerprint density at radius 2 is 2.29 bits per heavy atom. The van der Waals surface area contributed by atoms with Crippen molar-refractivity contribution in [3.8, 4) is 0 Å². The summed E-state index contributed by atoms with van der Waals surface area (Å²) in [5.74, 6) is 1.32. The predicted molar refractivity (Wildman–Crippen MR) is 59.8 cm³/mol. The maximum absolute atomic E-state index is 13.5. The molecule has 0 fully saturated rings. The van der Waals surface area contributed by atoms with Crippen molar-refractivity contribution >= 4 is 27.7 Å². The van der Waals surface area contributed by atoms with Crippen molar-refractivity contribution in [1.29, 1.82) is 0 Å². The summed E-state index contributed by atoms with van der Waals surface area (Å²) in [5.41, 5.74) is 1.39. The summed E-state index contributed by atoms with van der Waals surface area (Å²) in [4.78, 5) is 0. The van der Waals surface area contributed by atoms with Gasteiger partial charge in [0.05, 0.1) is 6.10 Å². The van der Waals surface area contributed by atoms with Crippen molar-refractivity contribution in [1.82, 2.24) is 0 Å². The molecule has 1 aromatic rings. The first-order valence-electron chi connectivity index (χ1n) is 4.42. The molecule has 0 bridgehead atoms. The van der Waals surface area contributed by atoms with Crippen LogP contribution in [0.4, 0.5) is 4.39 Å². The molecule has 1 aliphatic rings. The lowest BCUT2D eigenvalue weighted by Gasteiger charge is -2.12. The molecule has 0 radical (unpaired) electrons. The normalized spacial score (nSPS) is 21.5. The van der Waals surface area contributed by atoms with Gasteiger partial charge in [0.1, 0.15) is 5.82 Å². The van der Waals surface area contributed by atoms with Crippen LogP contribution in [0, 0.1) is 5.82 Å². The lowest BCUT2D eigenvalue weighted by atomic mass is 10.0. The van der Waals surface area contributed by atoms with Crippen molar-refractivity contribution in [3.05, 3.63) is 33.5 Å². The lowest BCUT2D eigenvalue weighted by Crippen LogP contribution is -2.01. The number of thioether (sulfide) groups is 1. The van der Waals surface area contributed by atoms with Gasteiger partial charge in [0.15, 0.2) is 0 Å². The van der Waals surface area contributed by atoms with E-state index in [9.17, 15) is 9.50 Å². The third kappa shape index (κ3) is 1.97. The zero-order chi connectivity index (χ0) is 10.1. The predicted octanol–water partition coefficient (Wildman–Crippen LogP) is 3.26. The van der Waals surface area contributed by atoms with Crippen LogP contribution in [0.15, 0.2) is 16.6 Å². The van der Waals surface area contributed by atoms with Crippen LogP contribution < -0.4 is 0 Å². The molecule has 14 heavy (non-hydrogen) atoms. The first kappa shape index (κ1) is 10.5. The van der Waals surface area contributed by atoms with E-state index in [0.717, 1.165) is 11.3 Å². The number of aliphatic hydroxyl groups is 1. The quantitative estimate of drug-likeness (QED) is 0.785. The topological polar surface area (TPSA) is 20.2 Å². The Bertz CT molecular complexity index is 356. The number of halogens is 2. The van der Waals surface area contributed by atoms with E-state index in [0.29, 0.717) is 22.2 Å². The fraction of sp³-hybridized carbons (Fsp3) is 0.400. The Hall–Kier alpha value is -0.0600. The fourth-order valence-electron chi connectivity index (χ4n) is 1.60. The molecule has 1 aliphatic heterocycles. The first-order chi connectivity index (χ1) is 6.68. The molecule has 1 atom stereocenters. The first-order valence-corrected chi connectivity index (χ1v) is 6.37. The standard InChI is InChI=1S/C10H10BrFOS/c11-6-3-7-8(9(12)4-6)5-14-2-1-10(7)13/h3-4,10,13H,1-2,5H2. The summed E-state index contributed by atoms with van der Waals surface area (Å²) in [7, 11) is 0. The molecular formula is C10H10BrFOS. The van der Waals surface area contributed by atoms with E-state index in [2.05, 4.69) is 15.9 Å². The second-order valence-electron chi connectivity index (χ2n) is 3.31. The Morgan fingerprint density at radius 1 is 1.50 bits per heavy atom. The highest BCUT2D eigenvalue weighted by molar-refractivity contribution is 9.10. The van der Waals surface area contributed by atoms with Crippen LogP contribution in [0.2, 0.25) is 0 Å². The molecule has 2 rings (SSSR count). The smallest absolute Gasteiger partial charge is 0.128 e. The van der Waals surface area contributed by atoms with Crippen LogP contribution in [-0.2, 0) is 5.75 Å². The maximum atomic E-state index is 13.5. The zero-order valence-corrected chi connectivity index (χ0v) is 9.87. The third-order valence-corrected chi connectivity index (χ3v) is 3.81. The molecular weight excluding hydrogens is 267 g/mol. The second kappa shape index (κ2) is 4.21. The molecule has 1 heterocycles. The van der Waals surface area contributed by atoms with Gasteiger partial charge >= 0.3 is 0 Å². The van der Waals surface area contributed by atoms with Crippen LogP contribution in [0.5, 0.6) is 0 Å². The molecule has 0 saturated heterocycles. The summed E-state index contributed by atoms with van der Waals surface area (Å²) >= 11 is 4.90. The van der Waals surface area contributed by atoms with Gasteiger partial charge in [-0.25, -0.2) is 4.39 Å². The van der Waals surface area contributed by atoms with Crippen molar-refractivity contribution in [2.45, 2.75) is 18.3 Å². The molecule has 0 spiro atoms. The highest BCUT2D eigenvalue weighted by Crippen LogP contribution is 2.33. The van der Waals surface area contributed by atoms with Crippen molar-refractivity contribution in [3.63, 3.8) is 0 Å². The summed E-state index contributed by atoms with van der Waals surface area (Å²) in [6, 6.07) is 3.27. The van der Waals surface area contributed by atoms with Crippen LogP contribution >= 0.6 is 27.7 Å². The Balaban J connectivity index is 2.53. The van der Waals surface area contributed by atoms with Gasteiger partial charge < -0.3 is 5.11 Å². The van der Waals surface area contributed by atoms with E-state index < -0.39 is 6.10 Å². The summed E-state index contributed by atoms with van der Waals surface area (Å²) in [6.07, 6.45) is 0.181. The molecule has 0 saturated carbocycles. The average molecular weight is 277 g/mol. The van der Waals surface area contributed by atoms with Gasteiger partial charge in [-0.05, 0) is 29.9 Å². The lowest BCUT2D eigenvalue weighted by molar-refractivity contribution is 0.174. The maximum Gasteiger partial charge on any atom is 0.128 e. The van der Waals surface area contributed by atoms with E-state index in [1.807, 2.05) is 6.07 Å². The number of rotatable bonds is 0. The Kier molecular flexibility index (Phi) is 3.14. The van der Waals surface area contributed by atoms with Gasteiger partial charge in [0.2, 0.25) is 0 Å². The molecule has 0 aromatic heterocycles. The van der Waals surface area contributed by atoms with Crippen LogP contribution in [0.1, 0.15) is 23.7 Å². The van der Waals surface area contributed by atoms with Crippen molar-refractivity contribution in [2.24, 2.45) is 0 Å². The molecule has 0 amide bonds. The van der Waals surface area contributed by atoms with Gasteiger partial charge in [-0.2, -0.15) is 11.8 Å². The molecule has 0 aliphatic carbocycles. The number of fused-ring (bicyclic) bond motifs is 1. The van der Waals surface area contributed by atoms with Gasteiger partial charge in [0.25, 0.3) is 0 Å². The average Bonchev–Trinajstić information content (AvgIpc) is 2.29. The summed E-state index contributed by atoms with van der Waals surface area (Å²) < 4.78 is 14.2. The van der Waals surface area contributed by atoms with Crippen LogP contribution in [-0.4, -0.2) is 10.9 Å². The molecule has 1 nitrogen and oxygen atoms in total. The largest absolute Gasteiger partial charge is 0.388 e. The highest BCUT2D eigenvalue weighted by atomic mass is 79.9. The SMILES string of the molecule is OC1CCSCc2c(F)cc(Br)cc21. The highest BCUT2D eigenvalue weighted by Gasteiger charge is 2.19. The van der Waals surface area contributed by atoms with Crippen LogP contribution in [0.25, 0.3) is 0 Å². The van der Waals surface area contributed by atoms with E-state index >= 15 is 0 Å². The minimum atomic E-state index is -0.521. The molecule has 1 aromatic carbocycles. The number of aliphatic hydroxyl groups excluding tert-OH is 1. The molecule has 76 valence electrons. The Morgan fingerprint density at radius 3 is 3.07 bits per heavy atom. The third-order valence-electron chi connectivity index (χ3n) is 2.34. The number of hydrogen-bond donors (Lipinski definition) is 1. The van der Waals surface area contributed by atoms with E-state index in [1.165, 1.54) is 6.07 Å². The van der Waals surface area contributed by atoms with E-state index in [1.54, 1.807) is 11.8 Å². The minimum absolute atomic E-state index is 0.220. The number of hydrogen-bond acceptors (Lipinski definition) is 2. The second-order valence-corrected chi connectivity index (χ2v) is 5.33. The fourth-order valence-corrected chi connectivity index (χ4v) is 3.09. The molecule has 4 heteroatoms. The zero-order valence-electron chi connectivity index (χ0n) is 7.46. The summed E-state index contributed by atoms with van der Waals surface area (Å²) in [6.45, 7) is 0. The van der Waals surface area contributed by atoms with E-state index in [4.69, 9.17) is 0 Å². The van der Waals surface area contributed by atoms with Crippen molar-refractivity contribution < 1.29 is 9.50 Å². The number of benzene rings is 1. The van der Waals surface area contributed by atoms with Gasteiger partial charge in [-0.3, -0.25) is 0 Å². The van der Waals surface area contributed by atoms with Gasteiger partial charge in [0, 0.05) is 15.8 Å². The Labute approximate surface area is 94.8 Å². The van der Waals surface area contributed by atoms with E-state index in [-0.39, 0.29) is 5.82 Å². The van der Waals surface area contributed by atoms with Crippen molar-refractivity contribution in [2.75, 3.05) is 5.75 Å². The van der Waals surface area contributed by atoms with Gasteiger partial charge in [-0.1, -0.05) is 15.9 Å². The molecule has 1 unspecified atom stereocenters. The summed E-state index contributed by atoms with van der Waals surface area (Å²) in [5, 5.41) is 9.79. The van der Waals surface area contributed by atoms with Crippen LogP contribution in [0.3, 0.4) is 0 Å². The molecule has 1 N–H and O–H groups in total.